The summed E-state index contributed by atoms with van der Waals surface area (Å²) in [6.45, 7) is 4.26. The van der Waals surface area contributed by atoms with Crippen LogP contribution in [0, 0.1) is 0 Å². The van der Waals surface area contributed by atoms with Crippen molar-refractivity contribution in [1.82, 2.24) is 5.32 Å². The fourth-order valence-electron chi connectivity index (χ4n) is 6.73. The molecule has 3 N–H and O–H groups in total. The van der Waals surface area contributed by atoms with Crippen LogP contribution in [0.2, 0.25) is 0 Å². The third-order valence-corrected chi connectivity index (χ3v) is 10.3. The van der Waals surface area contributed by atoms with E-state index in [4.69, 9.17) is 0 Å². The quantitative estimate of drug-likeness (QED) is 0.0434. The third kappa shape index (κ3) is 39.6. The molecule has 0 aromatic carbocycles. The zero-order valence-electron chi connectivity index (χ0n) is 34.8. The molecule has 0 saturated heterocycles. The average molecular weight is 728 g/mol. The molecule has 0 aliphatic carbocycles. The van der Waals surface area contributed by atoms with Crippen LogP contribution in [-0.2, 0) is 4.79 Å². The van der Waals surface area contributed by atoms with Crippen molar-refractivity contribution in [2.45, 2.75) is 244 Å². The first-order chi connectivity index (χ1) is 25.7. The molecule has 0 aromatic heterocycles. The van der Waals surface area contributed by atoms with Crippen LogP contribution in [0.5, 0.6) is 0 Å². The number of carbonyl (C=O) groups excluding carboxylic acids is 1. The first kappa shape index (κ1) is 50.4. The zero-order valence-corrected chi connectivity index (χ0v) is 34.8. The van der Waals surface area contributed by atoms with Gasteiger partial charge >= 0.3 is 0 Å². The van der Waals surface area contributed by atoms with Gasteiger partial charge in [0.2, 0.25) is 5.91 Å². The van der Waals surface area contributed by atoms with Crippen molar-refractivity contribution in [3.8, 4) is 0 Å². The number of allylic oxidation sites excluding steroid dienone is 7. The zero-order chi connectivity index (χ0) is 37.8. The molecular formula is C48H89NO3. The molecule has 0 aromatic rings. The summed E-state index contributed by atoms with van der Waals surface area (Å²) in [4.78, 5) is 12.4. The number of aliphatic hydroxyl groups is 2. The van der Waals surface area contributed by atoms with Gasteiger partial charge in [-0.05, 0) is 70.6 Å². The van der Waals surface area contributed by atoms with Gasteiger partial charge in [0, 0.05) is 6.42 Å². The Balaban J connectivity index is 3.53. The molecule has 0 spiro atoms. The van der Waals surface area contributed by atoms with Gasteiger partial charge in [0.15, 0.2) is 0 Å². The lowest BCUT2D eigenvalue weighted by Gasteiger charge is -2.19. The minimum atomic E-state index is -0.869. The third-order valence-electron chi connectivity index (χ3n) is 10.3. The predicted molar refractivity (Wildman–Crippen MR) is 230 cm³/mol. The van der Waals surface area contributed by atoms with Crippen LogP contribution in [0.1, 0.15) is 232 Å². The van der Waals surface area contributed by atoms with Gasteiger partial charge < -0.3 is 15.5 Å². The number of rotatable bonds is 41. The molecule has 0 heterocycles. The lowest BCUT2D eigenvalue weighted by molar-refractivity contribution is -0.123. The van der Waals surface area contributed by atoms with Gasteiger partial charge in [-0.3, -0.25) is 4.79 Å². The highest BCUT2D eigenvalue weighted by Crippen LogP contribution is 2.15. The summed E-state index contributed by atoms with van der Waals surface area (Å²) in [5.41, 5.74) is 0. The van der Waals surface area contributed by atoms with Gasteiger partial charge in [-0.2, -0.15) is 0 Å². The monoisotopic (exact) mass is 728 g/mol. The molecule has 0 rings (SSSR count). The van der Waals surface area contributed by atoms with Crippen molar-refractivity contribution in [3.05, 3.63) is 48.6 Å². The molecule has 0 saturated carbocycles. The number of carbonyl (C=O) groups is 1. The molecule has 2 atom stereocenters. The highest BCUT2D eigenvalue weighted by molar-refractivity contribution is 5.76. The largest absolute Gasteiger partial charge is 0.394 e. The van der Waals surface area contributed by atoms with E-state index in [1.807, 2.05) is 6.08 Å². The van der Waals surface area contributed by atoms with Crippen molar-refractivity contribution < 1.29 is 15.0 Å². The molecule has 4 nitrogen and oxygen atoms in total. The smallest absolute Gasteiger partial charge is 0.220 e. The van der Waals surface area contributed by atoms with Crippen LogP contribution < -0.4 is 5.32 Å². The van der Waals surface area contributed by atoms with Crippen molar-refractivity contribution in [2.24, 2.45) is 0 Å². The maximum atomic E-state index is 12.4. The van der Waals surface area contributed by atoms with E-state index in [0.717, 1.165) is 38.5 Å². The van der Waals surface area contributed by atoms with E-state index in [0.29, 0.717) is 6.42 Å². The number of hydrogen-bond donors (Lipinski definition) is 3. The molecule has 0 radical (unpaired) electrons. The summed E-state index contributed by atoms with van der Waals surface area (Å²) < 4.78 is 0. The fraction of sp³-hybridized carbons (Fsp3) is 0.812. The van der Waals surface area contributed by atoms with E-state index in [1.54, 1.807) is 6.08 Å². The Morgan fingerprint density at radius 1 is 0.442 bits per heavy atom. The lowest BCUT2D eigenvalue weighted by Crippen LogP contribution is -2.45. The maximum Gasteiger partial charge on any atom is 0.220 e. The summed E-state index contributed by atoms with van der Waals surface area (Å²) >= 11 is 0. The summed E-state index contributed by atoms with van der Waals surface area (Å²) in [7, 11) is 0. The van der Waals surface area contributed by atoms with Crippen LogP contribution in [0.4, 0.5) is 0 Å². The van der Waals surface area contributed by atoms with E-state index in [9.17, 15) is 15.0 Å². The van der Waals surface area contributed by atoms with E-state index in [-0.39, 0.29) is 12.5 Å². The number of hydrogen-bond acceptors (Lipinski definition) is 3. The van der Waals surface area contributed by atoms with Crippen LogP contribution in [0.15, 0.2) is 48.6 Å². The van der Waals surface area contributed by atoms with Crippen LogP contribution in [0.25, 0.3) is 0 Å². The van der Waals surface area contributed by atoms with E-state index >= 15 is 0 Å². The standard InChI is InChI=1S/C48H89NO3/c1-3-5-7-9-11-13-15-17-18-19-20-21-22-23-24-25-26-27-28-29-30-32-34-36-38-40-42-44-48(52)49-46(45-50)47(51)43-41-39-37-35-33-31-16-14-12-10-8-6-4-2/h12,14,23-24,33,35,41,43,46-47,50-51H,3-11,13,15-22,25-32,34,36-40,42,44-45H2,1-2H3,(H,49,52)/b14-12+,24-23-,35-33+,43-41+. The van der Waals surface area contributed by atoms with Gasteiger partial charge in [-0.25, -0.2) is 0 Å². The summed E-state index contributed by atoms with van der Waals surface area (Å²) in [6.07, 6.45) is 59.5. The van der Waals surface area contributed by atoms with E-state index < -0.39 is 12.1 Å². The summed E-state index contributed by atoms with van der Waals surface area (Å²) in [5, 5.41) is 22.9. The number of aliphatic hydroxyl groups excluding tert-OH is 2. The summed E-state index contributed by atoms with van der Waals surface area (Å²) in [5.74, 6) is -0.0797. The Morgan fingerprint density at radius 2 is 0.750 bits per heavy atom. The second-order valence-electron chi connectivity index (χ2n) is 15.4. The van der Waals surface area contributed by atoms with Crippen molar-refractivity contribution in [3.63, 3.8) is 0 Å². The van der Waals surface area contributed by atoms with Gasteiger partial charge in [-0.1, -0.05) is 204 Å². The van der Waals surface area contributed by atoms with Gasteiger partial charge in [-0.15, -0.1) is 0 Å². The molecule has 0 bridgehead atoms. The fourth-order valence-corrected chi connectivity index (χ4v) is 6.73. The van der Waals surface area contributed by atoms with Crippen LogP contribution in [-0.4, -0.2) is 34.9 Å². The molecule has 0 aliphatic heterocycles. The Labute approximate surface area is 324 Å². The molecule has 0 aliphatic rings. The second-order valence-corrected chi connectivity index (χ2v) is 15.4. The molecule has 2 unspecified atom stereocenters. The topological polar surface area (TPSA) is 69.6 Å². The highest BCUT2D eigenvalue weighted by Gasteiger charge is 2.17. The predicted octanol–water partition coefficient (Wildman–Crippen LogP) is 14.4. The Kier molecular flexibility index (Phi) is 42.4. The van der Waals surface area contributed by atoms with Crippen LogP contribution >= 0.6 is 0 Å². The number of nitrogens with one attached hydrogen (secondary N) is 1. The molecular weight excluding hydrogens is 639 g/mol. The van der Waals surface area contributed by atoms with E-state index in [1.165, 1.54) is 173 Å². The SMILES string of the molecule is CCCCC/C=C/CC/C=C/CC/C=C/C(O)C(CO)NC(=O)CCCCCCCCCCCCC/C=C\CCCCCCCCCCCCCC. The normalized spacial score (nSPS) is 13.4. The number of amides is 1. The van der Waals surface area contributed by atoms with Gasteiger partial charge in [0.25, 0.3) is 0 Å². The molecule has 52 heavy (non-hydrogen) atoms. The minimum absolute atomic E-state index is 0.0797. The van der Waals surface area contributed by atoms with Crippen molar-refractivity contribution >= 4 is 5.91 Å². The Morgan fingerprint density at radius 3 is 1.15 bits per heavy atom. The van der Waals surface area contributed by atoms with Crippen molar-refractivity contribution in [1.29, 1.82) is 0 Å². The first-order valence-corrected chi connectivity index (χ1v) is 22.9. The number of unbranched alkanes of at least 4 members (excludes halogenated alkanes) is 28. The Hall–Kier alpha value is -1.65. The first-order valence-electron chi connectivity index (χ1n) is 22.9. The molecule has 0 fully saturated rings. The van der Waals surface area contributed by atoms with Crippen molar-refractivity contribution in [2.75, 3.05) is 6.61 Å². The minimum Gasteiger partial charge on any atom is -0.394 e. The van der Waals surface area contributed by atoms with Gasteiger partial charge in [0.1, 0.15) is 0 Å². The Bertz CT molecular complexity index is 831. The molecule has 304 valence electrons. The maximum absolute atomic E-state index is 12.4. The second kappa shape index (κ2) is 43.8. The highest BCUT2D eigenvalue weighted by atomic mass is 16.3. The van der Waals surface area contributed by atoms with Crippen LogP contribution in [0.3, 0.4) is 0 Å². The lowest BCUT2D eigenvalue weighted by atomic mass is 10.0. The van der Waals surface area contributed by atoms with Gasteiger partial charge in [0.05, 0.1) is 18.8 Å². The average Bonchev–Trinajstić information content (AvgIpc) is 3.15. The molecule has 1 amide bonds. The summed E-state index contributed by atoms with van der Waals surface area (Å²) in [6, 6.07) is -0.645. The van der Waals surface area contributed by atoms with E-state index in [2.05, 4.69) is 55.6 Å². The molecule has 4 heteroatoms.